The Kier molecular flexibility index (Phi) is 5.45. The highest BCUT2D eigenvalue weighted by Crippen LogP contribution is 2.13. The zero-order valence-corrected chi connectivity index (χ0v) is 11.7. The first kappa shape index (κ1) is 13.8. The van der Waals surface area contributed by atoms with E-state index in [4.69, 9.17) is 0 Å². The molecule has 2 fully saturated rings. The summed E-state index contributed by atoms with van der Waals surface area (Å²) in [6.45, 7) is 4.60. The first-order chi connectivity index (χ1) is 8.77. The van der Waals surface area contributed by atoms with E-state index in [9.17, 15) is 4.79 Å². The van der Waals surface area contributed by atoms with Gasteiger partial charge in [0.15, 0.2) is 0 Å². The van der Waals surface area contributed by atoms with Gasteiger partial charge in [0.1, 0.15) is 0 Å². The minimum atomic E-state index is 0.289. The summed E-state index contributed by atoms with van der Waals surface area (Å²) in [6.07, 6.45) is 7.48. The highest BCUT2D eigenvalue weighted by molar-refractivity contribution is 5.78. The zero-order chi connectivity index (χ0) is 12.8. The van der Waals surface area contributed by atoms with Crippen LogP contribution in [0.4, 0.5) is 0 Å². The second kappa shape index (κ2) is 7.10. The fraction of sp³-hybridized carbons (Fsp3) is 0.929. The third-order valence-electron chi connectivity index (χ3n) is 4.29. The number of rotatable bonds is 4. The fourth-order valence-electron chi connectivity index (χ4n) is 3.01. The van der Waals surface area contributed by atoms with E-state index in [1.807, 2.05) is 4.90 Å². The molecule has 2 heterocycles. The van der Waals surface area contributed by atoms with Crippen molar-refractivity contribution in [3.8, 4) is 0 Å². The van der Waals surface area contributed by atoms with Crippen LogP contribution >= 0.6 is 0 Å². The number of hydrogen-bond acceptors (Lipinski definition) is 3. The second-order valence-corrected chi connectivity index (χ2v) is 5.70. The Bertz CT molecular complexity index is 262. The van der Waals surface area contributed by atoms with Crippen molar-refractivity contribution in [3.63, 3.8) is 0 Å². The van der Waals surface area contributed by atoms with E-state index in [0.717, 1.165) is 19.6 Å². The van der Waals surface area contributed by atoms with Crippen molar-refractivity contribution in [1.82, 2.24) is 15.1 Å². The molecule has 0 aromatic rings. The standard InChI is InChI=1S/C14H27N3O/c1-16-8-6-7-13(16)11-15-12-14(18)17-9-4-2-3-5-10-17/h13,15H,2-12H2,1H3. The van der Waals surface area contributed by atoms with Crippen LogP contribution in [0.15, 0.2) is 0 Å². The molecule has 4 heteroatoms. The first-order valence-electron chi connectivity index (χ1n) is 7.46. The van der Waals surface area contributed by atoms with Crippen molar-refractivity contribution < 1.29 is 4.79 Å². The Labute approximate surface area is 111 Å². The lowest BCUT2D eigenvalue weighted by Gasteiger charge is -2.23. The van der Waals surface area contributed by atoms with Crippen molar-refractivity contribution >= 4 is 5.91 Å². The van der Waals surface area contributed by atoms with Gasteiger partial charge in [0, 0.05) is 25.7 Å². The molecule has 1 N–H and O–H groups in total. The lowest BCUT2D eigenvalue weighted by atomic mass is 10.2. The summed E-state index contributed by atoms with van der Waals surface area (Å²) in [5, 5.41) is 3.34. The van der Waals surface area contributed by atoms with Gasteiger partial charge in [-0.15, -0.1) is 0 Å². The van der Waals surface area contributed by atoms with Gasteiger partial charge in [0.25, 0.3) is 0 Å². The molecule has 0 spiro atoms. The topological polar surface area (TPSA) is 35.6 Å². The summed E-state index contributed by atoms with van der Waals surface area (Å²) in [4.78, 5) is 16.5. The van der Waals surface area contributed by atoms with E-state index in [1.165, 1.54) is 45.1 Å². The Morgan fingerprint density at radius 3 is 2.44 bits per heavy atom. The van der Waals surface area contributed by atoms with Gasteiger partial charge in [-0.05, 0) is 39.3 Å². The maximum absolute atomic E-state index is 12.1. The number of nitrogens with one attached hydrogen (secondary N) is 1. The van der Waals surface area contributed by atoms with Crippen molar-refractivity contribution in [2.24, 2.45) is 0 Å². The maximum Gasteiger partial charge on any atom is 0.236 e. The van der Waals surface area contributed by atoms with Crippen LogP contribution in [0.3, 0.4) is 0 Å². The van der Waals surface area contributed by atoms with Gasteiger partial charge in [-0.3, -0.25) is 4.79 Å². The van der Waals surface area contributed by atoms with Crippen LogP contribution in [0.5, 0.6) is 0 Å². The largest absolute Gasteiger partial charge is 0.342 e. The first-order valence-corrected chi connectivity index (χ1v) is 7.46. The predicted octanol–water partition coefficient (Wildman–Crippen LogP) is 1.07. The number of carbonyl (C=O) groups excluding carboxylic acids is 1. The van der Waals surface area contributed by atoms with Crippen LogP contribution in [0, 0.1) is 0 Å². The fourth-order valence-corrected chi connectivity index (χ4v) is 3.01. The smallest absolute Gasteiger partial charge is 0.236 e. The molecule has 0 bridgehead atoms. The van der Waals surface area contributed by atoms with Crippen LogP contribution in [-0.2, 0) is 4.79 Å². The number of likely N-dealkylation sites (tertiary alicyclic amines) is 2. The molecule has 2 aliphatic heterocycles. The van der Waals surface area contributed by atoms with Gasteiger partial charge < -0.3 is 15.1 Å². The molecule has 1 unspecified atom stereocenters. The monoisotopic (exact) mass is 253 g/mol. The average Bonchev–Trinajstić information content (AvgIpc) is 2.64. The van der Waals surface area contributed by atoms with Crippen LogP contribution in [0.1, 0.15) is 38.5 Å². The molecule has 0 radical (unpaired) electrons. The van der Waals surface area contributed by atoms with Crippen LogP contribution in [0.2, 0.25) is 0 Å². The molecule has 1 amide bonds. The lowest BCUT2D eigenvalue weighted by Crippen LogP contribution is -2.42. The van der Waals surface area contributed by atoms with Gasteiger partial charge >= 0.3 is 0 Å². The molecule has 4 nitrogen and oxygen atoms in total. The molecular weight excluding hydrogens is 226 g/mol. The summed E-state index contributed by atoms with van der Waals surface area (Å²) in [5.74, 6) is 0.289. The van der Waals surface area contributed by atoms with Crippen LogP contribution in [0.25, 0.3) is 0 Å². The zero-order valence-electron chi connectivity index (χ0n) is 11.7. The van der Waals surface area contributed by atoms with E-state index < -0.39 is 0 Å². The number of amides is 1. The summed E-state index contributed by atoms with van der Waals surface area (Å²) in [7, 11) is 2.18. The van der Waals surface area contributed by atoms with E-state index in [2.05, 4.69) is 17.3 Å². The SMILES string of the molecule is CN1CCCC1CNCC(=O)N1CCCCCC1. The van der Waals surface area contributed by atoms with E-state index in [0.29, 0.717) is 12.6 Å². The number of nitrogens with zero attached hydrogens (tertiary/aromatic N) is 2. The van der Waals surface area contributed by atoms with Crippen molar-refractivity contribution in [1.29, 1.82) is 0 Å². The number of hydrogen-bond donors (Lipinski definition) is 1. The number of carbonyl (C=O) groups is 1. The van der Waals surface area contributed by atoms with Crippen LogP contribution < -0.4 is 5.32 Å². The summed E-state index contributed by atoms with van der Waals surface area (Å²) in [6, 6.07) is 0.627. The van der Waals surface area contributed by atoms with E-state index in [-0.39, 0.29) is 5.91 Å². The quantitative estimate of drug-likeness (QED) is 0.814. The normalized spacial score (nSPS) is 26.3. The molecule has 104 valence electrons. The van der Waals surface area contributed by atoms with Crippen molar-refractivity contribution in [3.05, 3.63) is 0 Å². The third-order valence-corrected chi connectivity index (χ3v) is 4.29. The average molecular weight is 253 g/mol. The van der Waals surface area contributed by atoms with Gasteiger partial charge in [0.05, 0.1) is 6.54 Å². The van der Waals surface area contributed by atoms with Crippen LogP contribution in [-0.4, -0.2) is 61.5 Å². The molecule has 2 rings (SSSR count). The minimum Gasteiger partial charge on any atom is -0.342 e. The predicted molar refractivity (Wildman–Crippen MR) is 73.6 cm³/mol. The molecule has 1 atom stereocenters. The Morgan fingerprint density at radius 1 is 1.11 bits per heavy atom. The molecule has 2 aliphatic rings. The van der Waals surface area contributed by atoms with E-state index in [1.54, 1.807) is 0 Å². The highest BCUT2D eigenvalue weighted by Gasteiger charge is 2.21. The molecule has 0 aromatic heterocycles. The van der Waals surface area contributed by atoms with Gasteiger partial charge in [-0.2, -0.15) is 0 Å². The highest BCUT2D eigenvalue weighted by atomic mass is 16.2. The Hall–Kier alpha value is -0.610. The molecule has 0 saturated carbocycles. The summed E-state index contributed by atoms with van der Waals surface area (Å²) in [5.41, 5.74) is 0. The molecule has 2 saturated heterocycles. The van der Waals surface area contributed by atoms with Gasteiger partial charge in [0.2, 0.25) is 5.91 Å². The maximum atomic E-state index is 12.1. The lowest BCUT2D eigenvalue weighted by molar-refractivity contribution is -0.130. The summed E-state index contributed by atoms with van der Waals surface area (Å²) >= 11 is 0. The van der Waals surface area contributed by atoms with Gasteiger partial charge in [-0.25, -0.2) is 0 Å². The molecule has 0 aliphatic carbocycles. The Balaban J connectivity index is 1.64. The van der Waals surface area contributed by atoms with Gasteiger partial charge in [-0.1, -0.05) is 12.8 Å². The molecular formula is C14H27N3O. The Morgan fingerprint density at radius 2 is 1.83 bits per heavy atom. The van der Waals surface area contributed by atoms with Crippen molar-refractivity contribution in [2.45, 2.75) is 44.6 Å². The summed E-state index contributed by atoms with van der Waals surface area (Å²) < 4.78 is 0. The number of likely N-dealkylation sites (N-methyl/N-ethyl adjacent to an activating group) is 1. The molecule has 0 aromatic carbocycles. The second-order valence-electron chi connectivity index (χ2n) is 5.70. The third kappa shape index (κ3) is 3.95. The minimum absolute atomic E-state index is 0.289. The van der Waals surface area contributed by atoms with Crippen molar-refractivity contribution in [2.75, 3.05) is 39.8 Å². The van der Waals surface area contributed by atoms with E-state index >= 15 is 0 Å². The molecule has 18 heavy (non-hydrogen) atoms.